The molecule has 1 aliphatic carbocycles. The standard InChI is InChI=1S/C25H20N2O7/c1-14-21(26-24(30)31-15(2)16-6-4-3-5-7-16)19(34-27-14)9-8-18-12-17-13-20(33-22(17)32-18)25(10-11-25)23(28)29/h3-7,12-13,15H,10-11H2,1-2H3,(H,26,30)(H,28,29). The Morgan fingerprint density at radius 2 is 1.94 bits per heavy atom. The lowest BCUT2D eigenvalue weighted by atomic mass is 10.0. The molecule has 3 aromatic heterocycles. The number of anilines is 1. The summed E-state index contributed by atoms with van der Waals surface area (Å²) in [5.74, 6) is 5.71. The van der Waals surface area contributed by atoms with Gasteiger partial charge in [-0.25, -0.2) is 4.79 Å². The van der Waals surface area contributed by atoms with Gasteiger partial charge in [0.2, 0.25) is 5.76 Å². The van der Waals surface area contributed by atoms with Gasteiger partial charge in [-0.15, -0.1) is 0 Å². The molecule has 1 atom stereocenters. The number of carbonyl (C=O) groups is 2. The molecule has 3 heterocycles. The first-order chi connectivity index (χ1) is 16.4. The summed E-state index contributed by atoms with van der Waals surface area (Å²) >= 11 is 0. The predicted molar refractivity (Wildman–Crippen MR) is 119 cm³/mol. The highest BCUT2D eigenvalue weighted by molar-refractivity contribution is 5.87. The van der Waals surface area contributed by atoms with E-state index in [0.717, 1.165) is 5.56 Å². The number of carbonyl (C=O) groups excluding carboxylic acids is 1. The second-order valence-electron chi connectivity index (χ2n) is 8.16. The fraction of sp³-hybridized carbons (Fsp3) is 0.240. The minimum absolute atomic E-state index is 0.137. The third-order valence-corrected chi connectivity index (χ3v) is 5.79. The minimum atomic E-state index is -0.946. The zero-order valence-corrected chi connectivity index (χ0v) is 18.4. The zero-order valence-electron chi connectivity index (χ0n) is 18.4. The number of hydrogen-bond donors (Lipinski definition) is 2. The summed E-state index contributed by atoms with van der Waals surface area (Å²) in [5.41, 5.74) is 0.654. The molecule has 0 saturated heterocycles. The van der Waals surface area contributed by atoms with Crippen molar-refractivity contribution in [2.24, 2.45) is 0 Å². The highest BCUT2D eigenvalue weighted by Crippen LogP contribution is 2.50. The molecule has 0 aliphatic heterocycles. The molecule has 0 radical (unpaired) electrons. The molecular weight excluding hydrogens is 440 g/mol. The van der Waals surface area contributed by atoms with Gasteiger partial charge in [0.05, 0.1) is 5.39 Å². The number of furan rings is 2. The minimum Gasteiger partial charge on any atom is -0.480 e. The molecule has 1 amide bonds. The smallest absolute Gasteiger partial charge is 0.412 e. The van der Waals surface area contributed by atoms with Gasteiger partial charge in [0.1, 0.15) is 28.7 Å². The van der Waals surface area contributed by atoms with Crippen molar-refractivity contribution in [2.75, 3.05) is 5.32 Å². The SMILES string of the molecule is Cc1noc(C#Cc2cc3cc(C4(C(=O)O)CC4)oc3o2)c1NC(=O)OC(C)c1ccccc1. The van der Waals surface area contributed by atoms with Crippen molar-refractivity contribution >= 4 is 28.9 Å². The Hall–Kier alpha value is -4.45. The summed E-state index contributed by atoms with van der Waals surface area (Å²) in [6.07, 6.45) is -0.0345. The number of nitrogens with zero attached hydrogens (tertiary/aromatic N) is 1. The van der Waals surface area contributed by atoms with Crippen molar-refractivity contribution in [3.8, 4) is 11.8 Å². The number of rotatable bonds is 5. The summed E-state index contributed by atoms with van der Waals surface area (Å²) in [7, 11) is 0. The Balaban J connectivity index is 1.30. The summed E-state index contributed by atoms with van der Waals surface area (Å²) in [6, 6.07) is 12.7. The van der Waals surface area contributed by atoms with Gasteiger partial charge >= 0.3 is 12.1 Å². The van der Waals surface area contributed by atoms with Gasteiger partial charge in [0.15, 0.2) is 5.76 Å². The largest absolute Gasteiger partial charge is 0.480 e. The maximum atomic E-state index is 12.4. The Bertz CT molecular complexity index is 1410. The van der Waals surface area contributed by atoms with Crippen molar-refractivity contribution in [1.82, 2.24) is 5.16 Å². The molecule has 5 rings (SSSR count). The highest BCUT2D eigenvalue weighted by atomic mass is 16.6. The second-order valence-corrected chi connectivity index (χ2v) is 8.16. The maximum absolute atomic E-state index is 12.4. The van der Waals surface area contributed by atoms with Crippen LogP contribution in [0.4, 0.5) is 10.5 Å². The molecule has 0 spiro atoms. The van der Waals surface area contributed by atoms with E-state index in [0.29, 0.717) is 41.1 Å². The van der Waals surface area contributed by atoms with Crippen LogP contribution in [0, 0.1) is 18.8 Å². The summed E-state index contributed by atoms with van der Waals surface area (Å²) in [5, 5.41) is 16.5. The molecule has 2 N–H and O–H groups in total. The van der Waals surface area contributed by atoms with Gasteiger partial charge < -0.3 is 23.2 Å². The molecule has 34 heavy (non-hydrogen) atoms. The van der Waals surface area contributed by atoms with Gasteiger partial charge in [-0.05, 0) is 50.2 Å². The summed E-state index contributed by atoms with van der Waals surface area (Å²) in [6.45, 7) is 3.44. The van der Waals surface area contributed by atoms with Crippen LogP contribution in [0.5, 0.6) is 0 Å². The van der Waals surface area contributed by atoms with E-state index in [1.54, 1.807) is 26.0 Å². The second kappa shape index (κ2) is 8.15. The number of carboxylic acid groups (broad SMARTS) is 1. The molecular formula is C25H20N2O7. The first-order valence-corrected chi connectivity index (χ1v) is 10.6. The molecule has 172 valence electrons. The van der Waals surface area contributed by atoms with E-state index in [4.69, 9.17) is 18.1 Å². The number of hydrogen-bond acceptors (Lipinski definition) is 7. The predicted octanol–water partition coefficient (Wildman–Crippen LogP) is 5.15. The van der Waals surface area contributed by atoms with Crippen LogP contribution in [0.3, 0.4) is 0 Å². The van der Waals surface area contributed by atoms with E-state index in [9.17, 15) is 14.7 Å². The van der Waals surface area contributed by atoms with Gasteiger partial charge in [0, 0.05) is 6.07 Å². The monoisotopic (exact) mass is 460 g/mol. The maximum Gasteiger partial charge on any atom is 0.412 e. The molecule has 1 aliphatic rings. The number of aromatic nitrogens is 1. The Kier molecular flexibility index (Phi) is 5.13. The van der Waals surface area contributed by atoms with E-state index in [1.807, 2.05) is 30.3 Å². The molecule has 1 aromatic carbocycles. The number of aliphatic carboxylic acids is 1. The normalized spacial score (nSPS) is 14.8. The van der Waals surface area contributed by atoms with Crippen LogP contribution in [0.15, 0.2) is 55.8 Å². The van der Waals surface area contributed by atoms with E-state index in [1.165, 1.54) is 0 Å². The third kappa shape index (κ3) is 3.90. The first-order valence-electron chi connectivity index (χ1n) is 10.6. The number of benzene rings is 1. The molecule has 9 heteroatoms. The van der Waals surface area contributed by atoms with Crippen molar-refractivity contribution in [3.63, 3.8) is 0 Å². The van der Waals surface area contributed by atoms with Crippen LogP contribution in [0.25, 0.3) is 11.2 Å². The average Bonchev–Trinajstić information content (AvgIpc) is 3.26. The van der Waals surface area contributed by atoms with Crippen LogP contribution < -0.4 is 5.32 Å². The quantitative estimate of drug-likeness (QED) is 0.392. The number of fused-ring (bicyclic) bond motifs is 1. The van der Waals surface area contributed by atoms with Gasteiger partial charge in [-0.1, -0.05) is 35.5 Å². The number of aryl methyl sites for hydroxylation is 1. The lowest BCUT2D eigenvalue weighted by Crippen LogP contribution is -2.18. The third-order valence-electron chi connectivity index (χ3n) is 5.79. The Labute approximate surface area is 193 Å². The van der Waals surface area contributed by atoms with E-state index in [-0.39, 0.29) is 11.5 Å². The molecule has 1 unspecified atom stereocenters. The zero-order chi connectivity index (χ0) is 23.9. The lowest BCUT2D eigenvalue weighted by molar-refractivity contribution is -0.140. The van der Waals surface area contributed by atoms with Crippen molar-refractivity contribution < 1.29 is 32.8 Å². The van der Waals surface area contributed by atoms with E-state index >= 15 is 0 Å². The highest BCUT2D eigenvalue weighted by Gasteiger charge is 2.54. The number of amides is 1. The van der Waals surface area contributed by atoms with Crippen molar-refractivity contribution in [2.45, 2.75) is 38.2 Å². The van der Waals surface area contributed by atoms with Crippen molar-refractivity contribution in [1.29, 1.82) is 0 Å². The fourth-order valence-electron chi connectivity index (χ4n) is 3.63. The first kappa shape index (κ1) is 21.4. The molecule has 1 saturated carbocycles. The lowest BCUT2D eigenvalue weighted by Gasteiger charge is -2.13. The fourth-order valence-corrected chi connectivity index (χ4v) is 3.63. The number of ether oxygens (including phenoxy) is 1. The average molecular weight is 460 g/mol. The van der Waals surface area contributed by atoms with E-state index in [2.05, 4.69) is 22.3 Å². The van der Waals surface area contributed by atoms with Crippen LogP contribution in [0.1, 0.15) is 54.4 Å². The Morgan fingerprint density at radius 1 is 1.18 bits per heavy atom. The summed E-state index contributed by atoms with van der Waals surface area (Å²) in [4.78, 5) is 23.9. The number of nitrogens with one attached hydrogen (secondary N) is 1. The van der Waals surface area contributed by atoms with Gasteiger partial charge in [0.25, 0.3) is 5.78 Å². The van der Waals surface area contributed by atoms with E-state index < -0.39 is 23.6 Å². The molecule has 4 aromatic rings. The summed E-state index contributed by atoms with van der Waals surface area (Å²) < 4.78 is 21.9. The molecule has 9 nitrogen and oxygen atoms in total. The van der Waals surface area contributed by atoms with Crippen molar-refractivity contribution in [3.05, 3.63) is 71.0 Å². The number of carboxylic acids is 1. The Morgan fingerprint density at radius 3 is 2.62 bits per heavy atom. The van der Waals surface area contributed by atoms with Crippen LogP contribution in [-0.4, -0.2) is 22.3 Å². The van der Waals surface area contributed by atoms with Gasteiger partial charge in [-0.3, -0.25) is 10.1 Å². The molecule has 0 bridgehead atoms. The van der Waals surface area contributed by atoms with Crippen LogP contribution in [0.2, 0.25) is 0 Å². The topological polar surface area (TPSA) is 128 Å². The van der Waals surface area contributed by atoms with Gasteiger partial charge in [-0.2, -0.15) is 0 Å². The van der Waals surface area contributed by atoms with Crippen LogP contribution >= 0.6 is 0 Å². The van der Waals surface area contributed by atoms with Crippen LogP contribution in [-0.2, 0) is 14.9 Å². The molecule has 1 fully saturated rings.